The van der Waals surface area contributed by atoms with Crippen molar-refractivity contribution in [3.8, 4) is 5.75 Å². The molecule has 1 aliphatic rings. The molecule has 0 spiro atoms. The van der Waals surface area contributed by atoms with Gasteiger partial charge in [-0.1, -0.05) is 25.0 Å². The number of hydrogen-bond donors (Lipinski definition) is 2. The zero-order chi connectivity index (χ0) is 24.8. The van der Waals surface area contributed by atoms with Crippen LogP contribution in [0, 0.1) is 6.92 Å². The Morgan fingerprint density at radius 3 is 2.63 bits per heavy atom. The van der Waals surface area contributed by atoms with Gasteiger partial charge in [-0.05, 0) is 61.0 Å². The van der Waals surface area contributed by atoms with Gasteiger partial charge in [-0.3, -0.25) is 19.3 Å². The summed E-state index contributed by atoms with van der Waals surface area (Å²) in [5.41, 5.74) is 1.31. The van der Waals surface area contributed by atoms with Gasteiger partial charge in [0.15, 0.2) is 6.04 Å². The summed E-state index contributed by atoms with van der Waals surface area (Å²) in [6.45, 7) is 1.59. The Morgan fingerprint density at radius 2 is 1.97 bits per heavy atom. The molecule has 0 radical (unpaired) electrons. The van der Waals surface area contributed by atoms with Crippen LogP contribution in [0.3, 0.4) is 0 Å². The number of benzene rings is 1. The van der Waals surface area contributed by atoms with E-state index >= 15 is 0 Å². The quantitative estimate of drug-likeness (QED) is 0.463. The molecule has 1 aliphatic carbocycles. The molecule has 3 aromatic rings. The van der Waals surface area contributed by atoms with Gasteiger partial charge in [0.2, 0.25) is 5.91 Å². The molecule has 4 rings (SSSR count). The number of rotatable bonds is 9. The summed E-state index contributed by atoms with van der Waals surface area (Å²) >= 11 is 1.29. The normalized spacial score (nSPS) is 14.3. The summed E-state index contributed by atoms with van der Waals surface area (Å²) in [4.78, 5) is 41.7. The number of carbonyl (C=O) groups is 3. The highest BCUT2D eigenvalue weighted by Gasteiger charge is 2.37. The molecule has 2 heterocycles. The molecule has 9 heteroatoms. The van der Waals surface area contributed by atoms with Crippen molar-refractivity contribution >= 4 is 34.7 Å². The third kappa shape index (κ3) is 5.74. The van der Waals surface area contributed by atoms with E-state index in [0.29, 0.717) is 22.1 Å². The number of carbonyl (C=O) groups excluding carboxylic acids is 3. The zero-order valence-corrected chi connectivity index (χ0v) is 20.6. The molecule has 0 bridgehead atoms. The summed E-state index contributed by atoms with van der Waals surface area (Å²) in [7, 11) is 1.51. The molecule has 35 heavy (non-hydrogen) atoms. The van der Waals surface area contributed by atoms with E-state index in [0.717, 1.165) is 31.2 Å². The van der Waals surface area contributed by atoms with E-state index in [-0.39, 0.29) is 24.4 Å². The van der Waals surface area contributed by atoms with Crippen LogP contribution >= 0.6 is 11.3 Å². The molecule has 1 saturated carbocycles. The summed E-state index contributed by atoms with van der Waals surface area (Å²) in [5, 5.41) is 7.56. The van der Waals surface area contributed by atoms with E-state index in [9.17, 15) is 14.4 Å². The minimum atomic E-state index is -1.08. The van der Waals surface area contributed by atoms with Crippen molar-refractivity contribution in [2.75, 3.05) is 18.6 Å². The van der Waals surface area contributed by atoms with Gasteiger partial charge in [-0.25, -0.2) is 0 Å². The Balaban J connectivity index is 1.70. The first-order valence-electron chi connectivity index (χ1n) is 11.6. The second-order valence-electron chi connectivity index (χ2n) is 8.51. The van der Waals surface area contributed by atoms with Crippen molar-refractivity contribution in [2.45, 2.75) is 44.7 Å². The number of nitrogens with one attached hydrogen (secondary N) is 2. The van der Waals surface area contributed by atoms with Crippen molar-refractivity contribution < 1.29 is 23.5 Å². The van der Waals surface area contributed by atoms with Crippen molar-refractivity contribution in [1.29, 1.82) is 0 Å². The van der Waals surface area contributed by atoms with E-state index in [1.807, 2.05) is 13.0 Å². The number of furan rings is 1. The van der Waals surface area contributed by atoms with Crippen molar-refractivity contribution in [3.63, 3.8) is 0 Å². The highest BCUT2D eigenvalue weighted by atomic mass is 32.1. The predicted octanol–water partition coefficient (Wildman–Crippen LogP) is 4.22. The van der Waals surface area contributed by atoms with E-state index in [4.69, 9.17) is 9.15 Å². The van der Waals surface area contributed by atoms with Gasteiger partial charge in [0.1, 0.15) is 11.5 Å². The average Bonchev–Trinajstić information content (AvgIpc) is 3.64. The molecule has 0 aliphatic heterocycles. The fourth-order valence-electron chi connectivity index (χ4n) is 4.31. The smallest absolute Gasteiger partial charge is 0.261 e. The lowest BCUT2D eigenvalue weighted by Crippen LogP contribution is -2.49. The summed E-state index contributed by atoms with van der Waals surface area (Å²) in [6.07, 6.45) is 5.38. The Morgan fingerprint density at radius 1 is 1.17 bits per heavy atom. The fraction of sp³-hybridized carbons (Fsp3) is 0.346. The first-order chi connectivity index (χ1) is 17.0. The average molecular weight is 496 g/mol. The molecule has 184 valence electrons. The Labute approximate surface area is 208 Å². The van der Waals surface area contributed by atoms with E-state index in [1.54, 1.807) is 41.8 Å². The number of methoxy groups -OCH3 is 1. The molecule has 0 unspecified atom stereocenters. The lowest BCUT2D eigenvalue weighted by Gasteiger charge is -2.32. The second-order valence-corrected chi connectivity index (χ2v) is 9.45. The molecule has 0 saturated heterocycles. The van der Waals surface area contributed by atoms with Crippen LogP contribution in [-0.2, 0) is 9.59 Å². The molecule has 1 fully saturated rings. The summed E-state index contributed by atoms with van der Waals surface area (Å²) < 4.78 is 11.2. The number of aryl methyl sites for hydroxylation is 1. The van der Waals surface area contributed by atoms with Crippen LogP contribution in [0.15, 0.2) is 58.5 Å². The van der Waals surface area contributed by atoms with Gasteiger partial charge in [-0.2, -0.15) is 0 Å². The number of anilines is 1. The van der Waals surface area contributed by atoms with Crippen LogP contribution in [0.4, 0.5) is 5.69 Å². The van der Waals surface area contributed by atoms with Crippen LogP contribution in [0.2, 0.25) is 0 Å². The van der Waals surface area contributed by atoms with Gasteiger partial charge in [-0.15, -0.1) is 11.3 Å². The molecule has 3 amide bonds. The molecule has 2 N–H and O–H groups in total. The Hall–Kier alpha value is -3.59. The van der Waals surface area contributed by atoms with Gasteiger partial charge >= 0.3 is 0 Å². The molecular formula is C26H29N3O5S. The largest absolute Gasteiger partial charge is 0.495 e. The lowest BCUT2D eigenvalue weighted by molar-refractivity contribution is -0.127. The minimum Gasteiger partial charge on any atom is -0.495 e. The number of amides is 3. The number of hydrogen-bond acceptors (Lipinski definition) is 6. The molecule has 1 atom stereocenters. The maximum absolute atomic E-state index is 13.7. The third-order valence-corrected chi connectivity index (χ3v) is 6.90. The highest BCUT2D eigenvalue weighted by molar-refractivity contribution is 7.12. The monoisotopic (exact) mass is 495 g/mol. The number of thiophene rings is 1. The minimum absolute atomic E-state index is 0.0508. The third-order valence-electron chi connectivity index (χ3n) is 6.03. The maximum Gasteiger partial charge on any atom is 0.261 e. The molecule has 8 nitrogen and oxygen atoms in total. The lowest BCUT2D eigenvalue weighted by atomic mass is 10.1. The maximum atomic E-state index is 13.7. The molecule has 2 aromatic heterocycles. The van der Waals surface area contributed by atoms with Crippen LogP contribution in [0.5, 0.6) is 5.75 Å². The topological polar surface area (TPSA) is 101 Å². The van der Waals surface area contributed by atoms with Crippen molar-refractivity contribution in [3.05, 3.63) is 70.3 Å². The molecular weight excluding hydrogens is 466 g/mol. The van der Waals surface area contributed by atoms with Gasteiger partial charge in [0, 0.05) is 6.04 Å². The van der Waals surface area contributed by atoms with Crippen LogP contribution in [0.1, 0.15) is 52.7 Å². The first kappa shape index (κ1) is 24.5. The van der Waals surface area contributed by atoms with Gasteiger partial charge in [0.25, 0.3) is 11.8 Å². The standard InChI is InChI=1S/C26H29N3O5S/c1-17-11-12-20(33-2)19(15-17)29(23(30)16-27-25(31)22-10-6-14-35-22)24(21-9-5-13-34-21)26(32)28-18-7-3-4-8-18/h5-6,9-15,18,24H,3-4,7-8,16H2,1-2H3,(H,27,31)(H,28,32)/t24-/m0/s1. The Kier molecular flexibility index (Phi) is 7.87. The van der Waals surface area contributed by atoms with E-state index in [2.05, 4.69) is 10.6 Å². The fourth-order valence-corrected chi connectivity index (χ4v) is 4.95. The number of nitrogens with zero attached hydrogens (tertiary/aromatic N) is 1. The SMILES string of the molecule is COc1ccc(C)cc1N(C(=O)CNC(=O)c1cccs1)[C@H](C(=O)NC1CCCC1)c1ccco1. The van der Waals surface area contributed by atoms with Crippen LogP contribution in [0.25, 0.3) is 0 Å². The summed E-state index contributed by atoms with van der Waals surface area (Å²) in [6, 6.07) is 11.2. The van der Waals surface area contributed by atoms with Gasteiger partial charge in [0.05, 0.1) is 30.5 Å². The van der Waals surface area contributed by atoms with Gasteiger partial charge < -0.3 is 19.8 Å². The van der Waals surface area contributed by atoms with Crippen LogP contribution in [-0.4, -0.2) is 37.4 Å². The summed E-state index contributed by atoms with van der Waals surface area (Å²) in [5.74, 6) is -0.412. The van der Waals surface area contributed by atoms with Crippen LogP contribution < -0.4 is 20.3 Å². The highest BCUT2D eigenvalue weighted by Crippen LogP contribution is 2.36. The van der Waals surface area contributed by atoms with Crippen molar-refractivity contribution in [2.24, 2.45) is 0 Å². The second kappa shape index (κ2) is 11.2. The predicted molar refractivity (Wildman–Crippen MR) is 134 cm³/mol. The molecule has 1 aromatic carbocycles. The Bertz CT molecular complexity index is 1150. The van der Waals surface area contributed by atoms with E-state index in [1.165, 1.54) is 29.6 Å². The number of ether oxygens (including phenoxy) is 1. The first-order valence-corrected chi connectivity index (χ1v) is 12.5. The van der Waals surface area contributed by atoms with Crippen molar-refractivity contribution in [1.82, 2.24) is 10.6 Å². The zero-order valence-electron chi connectivity index (χ0n) is 19.8. The van der Waals surface area contributed by atoms with E-state index < -0.39 is 11.9 Å².